The molecule has 1 unspecified atom stereocenters. The number of benzene rings is 1. The van der Waals surface area contributed by atoms with E-state index >= 15 is 0 Å². The molecule has 2 rings (SSSR count). The highest BCUT2D eigenvalue weighted by molar-refractivity contribution is 9.10. The molecule has 0 aromatic heterocycles. The van der Waals surface area contributed by atoms with Crippen LogP contribution in [0.5, 0.6) is 0 Å². The van der Waals surface area contributed by atoms with E-state index < -0.39 is 11.7 Å². The van der Waals surface area contributed by atoms with Crippen LogP contribution in [0.25, 0.3) is 0 Å². The van der Waals surface area contributed by atoms with Crippen LogP contribution >= 0.6 is 15.9 Å². The minimum atomic E-state index is -4.32. The van der Waals surface area contributed by atoms with Crippen molar-refractivity contribution in [3.05, 3.63) is 33.8 Å². The van der Waals surface area contributed by atoms with Crippen LogP contribution < -0.4 is 5.32 Å². The van der Waals surface area contributed by atoms with Crippen LogP contribution in [0.4, 0.5) is 13.2 Å². The lowest BCUT2D eigenvalue weighted by Gasteiger charge is -2.32. The lowest BCUT2D eigenvalue weighted by Crippen LogP contribution is -2.29. The van der Waals surface area contributed by atoms with Crippen molar-refractivity contribution in [3.63, 3.8) is 0 Å². The Morgan fingerprint density at radius 1 is 1.20 bits per heavy atom. The molecule has 20 heavy (non-hydrogen) atoms. The van der Waals surface area contributed by atoms with Gasteiger partial charge < -0.3 is 5.32 Å². The fourth-order valence-electron chi connectivity index (χ4n) is 3.16. The molecule has 1 aliphatic rings. The Labute approximate surface area is 126 Å². The summed E-state index contributed by atoms with van der Waals surface area (Å²) in [5.74, 6) is 0.288. The van der Waals surface area contributed by atoms with Gasteiger partial charge in [0.05, 0.1) is 5.56 Å². The van der Waals surface area contributed by atoms with E-state index in [4.69, 9.17) is 0 Å². The predicted octanol–water partition coefficient (Wildman–Crippen LogP) is 5.31. The van der Waals surface area contributed by atoms with E-state index in [1.165, 1.54) is 12.5 Å². The van der Waals surface area contributed by atoms with Gasteiger partial charge in [-0.15, -0.1) is 0 Å². The molecular formula is C15H19BrF3N. The molecule has 1 aromatic rings. The average molecular weight is 350 g/mol. The number of hydrogen-bond acceptors (Lipinski definition) is 1. The van der Waals surface area contributed by atoms with E-state index in [2.05, 4.69) is 21.2 Å². The van der Waals surface area contributed by atoms with Crippen LogP contribution in [-0.2, 0) is 6.18 Å². The van der Waals surface area contributed by atoms with Crippen molar-refractivity contribution in [2.24, 2.45) is 5.92 Å². The highest BCUT2D eigenvalue weighted by Crippen LogP contribution is 2.41. The second-order valence-corrected chi connectivity index (χ2v) is 6.31. The molecule has 0 saturated heterocycles. The summed E-state index contributed by atoms with van der Waals surface area (Å²) in [4.78, 5) is 0. The number of rotatable bonds is 3. The van der Waals surface area contributed by atoms with Crippen molar-refractivity contribution in [2.75, 3.05) is 7.05 Å². The minimum absolute atomic E-state index is 0.222. The Balaban J connectivity index is 2.38. The van der Waals surface area contributed by atoms with Crippen LogP contribution in [0, 0.1) is 5.92 Å². The largest absolute Gasteiger partial charge is 0.416 e. The highest BCUT2D eigenvalue weighted by atomic mass is 79.9. The predicted molar refractivity (Wildman–Crippen MR) is 77.5 cm³/mol. The zero-order valence-corrected chi connectivity index (χ0v) is 13.0. The van der Waals surface area contributed by atoms with Crippen LogP contribution in [0.1, 0.15) is 49.3 Å². The second kappa shape index (κ2) is 6.48. The fourth-order valence-corrected chi connectivity index (χ4v) is 3.52. The van der Waals surface area contributed by atoms with Crippen LogP contribution in [-0.4, -0.2) is 7.05 Å². The van der Waals surface area contributed by atoms with E-state index in [0.29, 0.717) is 10.0 Å². The van der Waals surface area contributed by atoms with Crippen molar-refractivity contribution >= 4 is 15.9 Å². The number of halogens is 4. The Bertz CT molecular complexity index is 453. The maximum Gasteiger partial charge on any atom is 0.416 e. The third-order valence-electron chi connectivity index (χ3n) is 4.09. The number of hydrogen-bond donors (Lipinski definition) is 1. The molecule has 1 atom stereocenters. The standard InChI is InChI=1S/C15H19BrF3N/c1-20-14(10-5-3-2-4-6-10)12-8-7-11(16)9-13(12)15(17,18)19/h7-10,14,20H,2-6H2,1H3. The van der Waals surface area contributed by atoms with Crippen molar-refractivity contribution in [3.8, 4) is 0 Å². The molecule has 1 fully saturated rings. The third-order valence-corrected chi connectivity index (χ3v) is 4.58. The van der Waals surface area contributed by atoms with Gasteiger partial charge in [0.2, 0.25) is 0 Å². The molecule has 112 valence electrons. The van der Waals surface area contributed by atoms with Crippen LogP contribution in [0.3, 0.4) is 0 Å². The normalized spacial score (nSPS) is 19.1. The van der Waals surface area contributed by atoms with Crippen molar-refractivity contribution in [1.29, 1.82) is 0 Å². The van der Waals surface area contributed by atoms with Gasteiger partial charge in [-0.2, -0.15) is 13.2 Å². The van der Waals surface area contributed by atoms with Gasteiger partial charge in [-0.1, -0.05) is 41.3 Å². The summed E-state index contributed by atoms with van der Waals surface area (Å²) in [5.41, 5.74) is -0.160. The first-order valence-corrected chi connectivity index (χ1v) is 7.76. The Kier molecular flexibility index (Phi) is 5.13. The first kappa shape index (κ1) is 15.8. The average Bonchev–Trinajstić information content (AvgIpc) is 2.41. The van der Waals surface area contributed by atoms with E-state index in [-0.39, 0.29) is 12.0 Å². The summed E-state index contributed by atoms with van der Waals surface area (Å²) in [6, 6.07) is 4.25. The Morgan fingerprint density at radius 2 is 1.85 bits per heavy atom. The molecule has 1 nitrogen and oxygen atoms in total. The maximum absolute atomic E-state index is 13.2. The topological polar surface area (TPSA) is 12.0 Å². The van der Waals surface area contributed by atoms with E-state index in [1.807, 2.05) is 0 Å². The van der Waals surface area contributed by atoms with Gasteiger partial charge in [0.1, 0.15) is 0 Å². The lowest BCUT2D eigenvalue weighted by molar-refractivity contribution is -0.138. The summed E-state index contributed by atoms with van der Waals surface area (Å²) in [6.07, 6.45) is 1.10. The molecule has 0 spiro atoms. The maximum atomic E-state index is 13.2. The van der Waals surface area contributed by atoms with Gasteiger partial charge in [0.25, 0.3) is 0 Å². The molecular weight excluding hydrogens is 331 g/mol. The monoisotopic (exact) mass is 349 g/mol. The molecule has 1 saturated carbocycles. The fraction of sp³-hybridized carbons (Fsp3) is 0.600. The smallest absolute Gasteiger partial charge is 0.313 e. The summed E-state index contributed by atoms with van der Waals surface area (Å²) >= 11 is 3.14. The number of nitrogens with one attached hydrogen (secondary N) is 1. The van der Waals surface area contributed by atoms with Crippen LogP contribution in [0.15, 0.2) is 22.7 Å². The quantitative estimate of drug-likeness (QED) is 0.779. The molecule has 5 heteroatoms. The van der Waals surface area contributed by atoms with Gasteiger partial charge >= 0.3 is 6.18 Å². The summed E-state index contributed by atoms with van der Waals surface area (Å²) < 4.78 is 40.2. The van der Waals surface area contributed by atoms with E-state index in [0.717, 1.165) is 25.7 Å². The SMILES string of the molecule is CNC(c1ccc(Br)cc1C(F)(F)F)C1CCCCC1. The molecule has 0 amide bonds. The molecule has 0 aliphatic heterocycles. The van der Waals surface area contributed by atoms with Crippen molar-refractivity contribution < 1.29 is 13.2 Å². The van der Waals surface area contributed by atoms with Gasteiger partial charge in [0, 0.05) is 10.5 Å². The molecule has 0 radical (unpaired) electrons. The Hall–Kier alpha value is -0.550. The second-order valence-electron chi connectivity index (χ2n) is 5.39. The number of alkyl halides is 3. The molecule has 1 N–H and O–H groups in total. The van der Waals surface area contributed by atoms with E-state index in [1.54, 1.807) is 19.2 Å². The van der Waals surface area contributed by atoms with Gasteiger partial charge in [-0.05, 0) is 43.5 Å². The zero-order valence-electron chi connectivity index (χ0n) is 11.4. The van der Waals surface area contributed by atoms with Crippen molar-refractivity contribution in [2.45, 2.75) is 44.3 Å². The van der Waals surface area contributed by atoms with Gasteiger partial charge in [-0.25, -0.2) is 0 Å². The first-order chi connectivity index (χ1) is 9.43. The molecule has 0 bridgehead atoms. The lowest BCUT2D eigenvalue weighted by atomic mass is 9.80. The van der Waals surface area contributed by atoms with Gasteiger partial charge in [0.15, 0.2) is 0 Å². The summed E-state index contributed by atoms with van der Waals surface area (Å²) in [6.45, 7) is 0. The summed E-state index contributed by atoms with van der Waals surface area (Å²) in [7, 11) is 1.75. The van der Waals surface area contributed by atoms with Crippen molar-refractivity contribution in [1.82, 2.24) is 5.32 Å². The zero-order chi connectivity index (χ0) is 14.8. The Morgan fingerprint density at radius 3 is 2.40 bits per heavy atom. The molecule has 1 aromatic carbocycles. The minimum Gasteiger partial charge on any atom is -0.313 e. The summed E-state index contributed by atoms with van der Waals surface area (Å²) in [5, 5.41) is 3.10. The highest BCUT2D eigenvalue weighted by Gasteiger charge is 2.37. The molecule has 1 aliphatic carbocycles. The van der Waals surface area contributed by atoms with Crippen LogP contribution in [0.2, 0.25) is 0 Å². The third kappa shape index (κ3) is 3.55. The first-order valence-electron chi connectivity index (χ1n) is 6.97. The van der Waals surface area contributed by atoms with E-state index in [9.17, 15) is 13.2 Å². The molecule has 0 heterocycles. The van der Waals surface area contributed by atoms with Gasteiger partial charge in [-0.3, -0.25) is 0 Å².